The minimum atomic E-state index is -0.0749. The minimum absolute atomic E-state index is 0.0749. The van der Waals surface area contributed by atoms with Crippen LogP contribution in [0.2, 0.25) is 0 Å². The fourth-order valence-corrected chi connectivity index (χ4v) is 5.91. The SMILES string of the molecule is CC12CCC3C4CCC(O)=CC4=CCC3C1CCC2O. The molecule has 0 saturated heterocycles. The highest BCUT2D eigenvalue weighted by Crippen LogP contribution is 2.60. The van der Waals surface area contributed by atoms with Gasteiger partial charge in [-0.1, -0.05) is 13.0 Å². The van der Waals surface area contributed by atoms with Crippen molar-refractivity contribution in [1.82, 2.24) is 0 Å². The van der Waals surface area contributed by atoms with E-state index in [2.05, 4.69) is 13.0 Å². The maximum atomic E-state index is 10.4. The lowest BCUT2D eigenvalue weighted by molar-refractivity contribution is -0.0455. The molecule has 0 bridgehead atoms. The van der Waals surface area contributed by atoms with Crippen molar-refractivity contribution in [3.63, 3.8) is 0 Å². The molecule has 2 fully saturated rings. The monoisotopic (exact) mass is 274 g/mol. The van der Waals surface area contributed by atoms with Gasteiger partial charge >= 0.3 is 0 Å². The van der Waals surface area contributed by atoms with Crippen LogP contribution in [0.5, 0.6) is 0 Å². The van der Waals surface area contributed by atoms with Crippen LogP contribution in [0.4, 0.5) is 0 Å². The van der Waals surface area contributed by atoms with Gasteiger partial charge < -0.3 is 10.2 Å². The van der Waals surface area contributed by atoms with Gasteiger partial charge in [-0.2, -0.15) is 0 Å². The summed E-state index contributed by atoms with van der Waals surface area (Å²) in [5, 5.41) is 20.1. The average molecular weight is 274 g/mol. The molecule has 0 radical (unpaired) electrons. The second-order valence-electron chi connectivity index (χ2n) is 7.79. The van der Waals surface area contributed by atoms with Crippen LogP contribution in [-0.4, -0.2) is 16.3 Å². The van der Waals surface area contributed by atoms with E-state index < -0.39 is 0 Å². The van der Waals surface area contributed by atoms with E-state index in [1.54, 1.807) is 0 Å². The Labute approximate surface area is 121 Å². The summed E-state index contributed by atoms with van der Waals surface area (Å²) in [6.07, 6.45) is 12.2. The molecule has 4 aliphatic rings. The summed E-state index contributed by atoms with van der Waals surface area (Å²) in [4.78, 5) is 0. The third-order valence-corrected chi connectivity index (χ3v) is 7.06. The topological polar surface area (TPSA) is 40.5 Å². The Morgan fingerprint density at radius 3 is 2.85 bits per heavy atom. The minimum Gasteiger partial charge on any atom is -0.512 e. The number of aliphatic hydroxyl groups is 2. The standard InChI is InChI=1S/C18H26O2/c1-18-9-8-14-13-5-3-12(19)10-11(13)2-4-15(14)16(18)6-7-17(18)20/h2,10,13-17,19-20H,3-9H2,1H3. The van der Waals surface area contributed by atoms with Crippen LogP contribution in [0, 0.1) is 29.1 Å². The molecule has 0 aromatic carbocycles. The third-order valence-electron chi connectivity index (χ3n) is 7.06. The zero-order valence-corrected chi connectivity index (χ0v) is 12.4. The summed E-state index contributed by atoms with van der Waals surface area (Å²) in [5.74, 6) is 3.53. The first-order chi connectivity index (χ1) is 9.59. The lowest BCUT2D eigenvalue weighted by Crippen LogP contribution is -2.46. The van der Waals surface area contributed by atoms with E-state index in [0.29, 0.717) is 17.6 Å². The molecular formula is C18H26O2. The Morgan fingerprint density at radius 1 is 1.15 bits per heavy atom. The molecule has 20 heavy (non-hydrogen) atoms. The van der Waals surface area contributed by atoms with Crippen molar-refractivity contribution in [1.29, 1.82) is 0 Å². The Balaban J connectivity index is 1.66. The third kappa shape index (κ3) is 1.67. The number of aliphatic hydroxyl groups excluding tert-OH is 2. The molecule has 2 N–H and O–H groups in total. The largest absolute Gasteiger partial charge is 0.512 e. The van der Waals surface area contributed by atoms with E-state index in [1.165, 1.54) is 24.8 Å². The molecule has 2 heteroatoms. The fourth-order valence-electron chi connectivity index (χ4n) is 5.91. The van der Waals surface area contributed by atoms with E-state index in [0.717, 1.165) is 37.5 Å². The van der Waals surface area contributed by atoms with Crippen molar-refractivity contribution in [3.05, 3.63) is 23.5 Å². The molecule has 4 rings (SSSR count). The van der Waals surface area contributed by atoms with Crippen molar-refractivity contribution in [2.75, 3.05) is 0 Å². The highest BCUT2D eigenvalue weighted by Gasteiger charge is 2.55. The molecule has 0 spiro atoms. The van der Waals surface area contributed by atoms with E-state index in [4.69, 9.17) is 0 Å². The molecule has 6 atom stereocenters. The molecule has 4 aliphatic carbocycles. The van der Waals surface area contributed by atoms with Gasteiger partial charge in [0.2, 0.25) is 0 Å². The molecule has 6 unspecified atom stereocenters. The number of allylic oxidation sites excluding steroid dienone is 4. The molecule has 0 aromatic heterocycles. The van der Waals surface area contributed by atoms with Gasteiger partial charge in [0, 0.05) is 6.42 Å². The second kappa shape index (κ2) is 4.37. The number of rotatable bonds is 0. The smallest absolute Gasteiger partial charge is 0.0925 e. The van der Waals surface area contributed by atoms with Gasteiger partial charge in [-0.05, 0) is 79.3 Å². The predicted molar refractivity (Wildman–Crippen MR) is 79.2 cm³/mol. The van der Waals surface area contributed by atoms with E-state index in [9.17, 15) is 10.2 Å². The predicted octanol–water partition coefficient (Wildman–Crippen LogP) is 3.97. The summed E-state index contributed by atoms with van der Waals surface area (Å²) < 4.78 is 0. The maximum absolute atomic E-state index is 10.4. The normalized spacial score (nSPS) is 50.6. The first-order valence-electron chi connectivity index (χ1n) is 8.37. The van der Waals surface area contributed by atoms with Gasteiger partial charge in [0.1, 0.15) is 0 Å². The Kier molecular flexibility index (Phi) is 2.82. The molecule has 110 valence electrons. The molecule has 0 aromatic rings. The van der Waals surface area contributed by atoms with Gasteiger partial charge in [-0.3, -0.25) is 0 Å². The Morgan fingerprint density at radius 2 is 2.00 bits per heavy atom. The highest BCUT2D eigenvalue weighted by molar-refractivity contribution is 5.31. The summed E-state index contributed by atoms with van der Waals surface area (Å²) >= 11 is 0. The highest BCUT2D eigenvalue weighted by atomic mass is 16.3. The fraction of sp³-hybridized carbons (Fsp3) is 0.778. The van der Waals surface area contributed by atoms with Crippen LogP contribution in [0.1, 0.15) is 51.9 Å². The zero-order chi connectivity index (χ0) is 13.9. The van der Waals surface area contributed by atoms with Crippen LogP contribution in [0.15, 0.2) is 23.5 Å². The van der Waals surface area contributed by atoms with E-state index in [-0.39, 0.29) is 11.5 Å². The molecular weight excluding hydrogens is 248 g/mol. The molecule has 2 saturated carbocycles. The maximum Gasteiger partial charge on any atom is 0.0925 e. The molecule has 0 heterocycles. The van der Waals surface area contributed by atoms with Gasteiger partial charge in [-0.15, -0.1) is 0 Å². The summed E-state index contributed by atoms with van der Waals surface area (Å²) in [6.45, 7) is 2.33. The zero-order valence-electron chi connectivity index (χ0n) is 12.4. The first-order valence-corrected chi connectivity index (χ1v) is 8.37. The van der Waals surface area contributed by atoms with Crippen molar-refractivity contribution >= 4 is 0 Å². The molecule has 0 aliphatic heterocycles. The van der Waals surface area contributed by atoms with Crippen LogP contribution >= 0.6 is 0 Å². The van der Waals surface area contributed by atoms with Crippen LogP contribution in [-0.2, 0) is 0 Å². The lowest BCUT2D eigenvalue weighted by atomic mass is 9.53. The Hall–Kier alpha value is -0.760. The number of fused-ring (bicyclic) bond motifs is 5. The van der Waals surface area contributed by atoms with Gasteiger partial charge in [0.25, 0.3) is 0 Å². The van der Waals surface area contributed by atoms with E-state index in [1.807, 2.05) is 6.08 Å². The van der Waals surface area contributed by atoms with Crippen LogP contribution in [0.25, 0.3) is 0 Å². The lowest BCUT2D eigenvalue weighted by Gasteiger charge is -2.52. The van der Waals surface area contributed by atoms with Crippen molar-refractivity contribution in [2.45, 2.75) is 58.0 Å². The van der Waals surface area contributed by atoms with Crippen molar-refractivity contribution in [3.8, 4) is 0 Å². The van der Waals surface area contributed by atoms with Gasteiger partial charge in [-0.25, -0.2) is 0 Å². The second-order valence-corrected chi connectivity index (χ2v) is 7.79. The summed E-state index contributed by atoms with van der Waals surface area (Å²) in [7, 11) is 0. The molecule has 0 amide bonds. The summed E-state index contributed by atoms with van der Waals surface area (Å²) in [6, 6.07) is 0. The van der Waals surface area contributed by atoms with Crippen LogP contribution in [0.3, 0.4) is 0 Å². The first kappa shape index (κ1) is 12.9. The van der Waals surface area contributed by atoms with Crippen molar-refractivity contribution < 1.29 is 10.2 Å². The quantitative estimate of drug-likeness (QED) is 0.701. The van der Waals surface area contributed by atoms with Crippen molar-refractivity contribution in [2.24, 2.45) is 29.1 Å². The van der Waals surface area contributed by atoms with Gasteiger partial charge in [0.05, 0.1) is 11.9 Å². The Bertz CT molecular complexity index is 478. The van der Waals surface area contributed by atoms with Gasteiger partial charge in [0.15, 0.2) is 0 Å². The summed E-state index contributed by atoms with van der Waals surface area (Å²) in [5.41, 5.74) is 1.58. The molecule has 2 nitrogen and oxygen atoms in total. The average Bonchev–Trinajstić information content (AvgIpc) is 2.74. The number of hydrogen-bond donors (Lipinski definition) is 2. The van der Waals surface area contributed by atoms with E-state index >= 15 is 0 Å². The van der Waals surface area contributed by atoms with Crippen LogP contribution < -0.4 is 0 Å². The number of hydrogen-bond acceptors (Lipinski definition) is 2.